The monoisotopic (exact) mass is 434 g/mol. The molecule has 0 bridgehead atoms. The normalized spacial score (nSPS) is 12.1. The summed E-state index contributed by atoms with van der Waals surface area (Å²) in [7, 11) is -2.28. The fourth-order valence-corrected chi connectivity index (χ4v) is 3.84. The van der Waals surface area contributed by atoms with E-state index in [-0.39, 0.29) is 11.3 Å². The van der Waals surface area contributed by atoms with Crippen LogP contribution in [0.3, 0.4) is 0 Å². The minimum absolute atomic E-state index is 0.0168. The molecule has 2 aromatic rings. The highest BCUT2D eigenvalue weighted by atomic mass is 32.2. The van der Waals surface area contributed by atoms with E-state index >= 15 is 0 Å². The lowest BCUT2D eigenvalue weighted by Gasteiger charge is -2.16. The maximum absolute atomic E-state index is 12.8. The Morgan fingerprint density at radius 1 is 1.07 bits per heavy atom. The van der Waals surface area contributed by atoms with E-state index < -0.39 is 28.1 Å². The zero-order chi connectivity index (χ0) is 22.1. The molecule has 30 heavy (non-hydrogen) atoms. The molecule has 1 unspecified atom stereocenters. The number of carbonyl (C=O) groups is 2. The molecule has 0 heterocycles. The van der Waals surface area contributed by atoms with Gasteiger partial charge in [-0.25, -0.2) is 13.2 Å². The summed E-state index contributed by atoms with van der Waals surface area (Å²) in [5.74, 6) is -0.965. The maximum atomic E-state index is 12.8. The van der Waals surface area contributed by atoms with Gasteiger partial charge in [0.15, 0.2) is 0 Å². The van der Waals surface area contributed by atoms with Crippen molar-refractivity contribution in [2.75, 3.05) is 23.6 Å². The van der Waals surface area contributed by atoms with Crippen molar-refractivity contribution in [1.29, 1.82) is 0 Å². The van der Waals surface area contributed by atoms with Crippen molar-refractivity contribution in [2.45, 2.75) is 30.7 Å². The van der Waals surface area contributed by atoms with Gasteiger partial charge < -0.3 is 21.1 Å². The molecule has 0 saturated heterocycles. The number of carboxylic acid groups (broad SMARTS) is 1. The number of nitrogens with one attached hydrogen (secondary N) is 4. The molecular weight excluding hydrogens is 408 g/mol. The SMILES string of the molecule is CCCNC(=O)Nc1cccc(S(=O)(=O)Nc2cccc(C(CC(=O)O)NC)c2)c1. The van der Waals surface area contributed by atoms with Crippen molar-refractivity contribution in [3.8, 4) is 0 Å². The molecule has 0 spiro atoms. The number of anilines is 2. The van der Waals surface area contributed by atoms with E-state index in [0.717, 1.165) is 6.42 Å². The molecule has 0 fully saturated rings. The third kappa shape index (κ3) is 6.75. The van der Waals surface area contributed by atoms with Crippen LogP contribution in [0.2, 0.25) is 0 Å². The zero-order valence-electron chi connectivity index (χ0n) is 16.8. The second kappa shape index (κ2) is 10.6. The lowest BCUT2D eigenvalue weighted by atomic mass is 10.0. The van der Waals surface area contributed by atoms with Gasteiger partial charge in [0.25, 0.3) is 10.0 Å². The number of amides is 2. The molecule has 0 aromatic heterocycles. The first-order valence-corrected chi connectivity index (χ1v) is 10.9. The molecule has 0 aliphatic rings. The molecule has 2 aromatic carbocycles. The maximum Gasteiger partial charge on any atom is 0.319 e. The third-order valence-corrected chi connectivity index (χ3v) is 5.59. The molecule has 2 amide bonds. The van der Waals surface area contributed by atoms with Crippen LogP contribution in [-0.4, -0.2) is 39.1 Å². The average molecular weight is 435 g/mol. The highest BCUT2D eigenvalue weighted by Gasteiger charge is 2.18. The Hall–Kier alpha value is -3.11. The van der Waals surface area contributed by atoms with E-state index in [2.05, 4.69) is 20.7 Å². The molecular formula is C20H26N4O5S. The summed E-state index contributed by atoms with van der Waals surface area (Å²) < 4.78 is 28.1. The van der Waals surface area contributed by atoms with E-state index in [9.17, 15) is 18.0 Å². The van der Waals surface area contributed by atoms with Crippen LogP contribution in [0.15, 0.2) is 53.4 Å². The predicted octanol–water partition coefficient (Wildman–Crippen LogP) is 2.75. The first kappa shape index (κ1) is 23.2. The van der Waals surface area contributed by atoms with Crippen molar-refractivity contribution >= 4 is 33.4 Å². The predicted molar refractivity (Wildman–Crippen MR) is 115 cm³/mol. The number of hydrogen-bond acceptors (Lipinski definition) is 5. The smallest absolute Gasteiger partial charge is 0.319 e. The molecule has 9 nitrogen and oxygen atoms in total. The quantitative estimate of drug-likeness (QED) is 0.390. The number of hydrogen-bond donors (Lipinski definition) is 5. The topological polar surface area (TPSA) is 137 Å². The van der Waals surface area contributed by atoms with E-state index in [0.29, 0.717) is 23.5 Å². The molecule has 0 aliphatic heterocycles. The Balaban J connectivity index is 2.19. The molecule has 5 N–H and O–H groups in total. The fraction of sp³-hybridized carbons (Fsp3) is 0.300. The van der Waals surface area contributed by atoms with Crippen LogP contribution >= 0.6 is 0 Å². The standard InChI is InChI=1S/C20H26N4O5S/c1-3-10-22-20(27)23-15-7-5-9-17(12-15)30(28,29)24-16-8-4-6-14(11-16)18(21-2)13-19(25)26/h4-9,11-12,18,21,24H,3,10,13H2,1-2H3,(H,25,26)(H2,22,23,27). The van der Waals surface area contributed by atoms with Crippen molar-refractivity contribution in [2.24, 2.45) is 0 Å². The highest BCUT2D eigenvalue weighted by molar-refractivity contribution is 7.92. The van der Waals surface area contributed by atoms with Gasteiger partial charge >= 0.3 is 12.0 Å². The highest BCUT2D eigenvalue weighted by Crippen LogP contribution is 2.23. The summed E-state index contributed by atoms with van der Waals surface area (Å²) in [4.78, 5) is 22.8. The summed E-state index contributed by atoms with van der Waals surface area (Å²) in [6.45, 7) is 2.44. The summed E-state index contributed by atoms with van der Waals surface area (Å²) in [6, 6.07) is 11.6. The van der Waals surface area contributed by atoms with Crippen LogP contribution in [0, 0.1) is 0 Å². The number of benzene rings is 2. The third-order valence-electron chi connectivity index (χ3n) is 4.21. The van der Waals surface area contributed by atoms with Gasteiger partial charge in [0.2, 0.25) is 0 Å². The number of urea groups is 1. The minimum Gasteiger partial charge on any atom is -0.481 e. The lowest BCUT2D eigenvalue weighted by molar-refractivity contribution is -0.137. The summed E-state index contributed by atoms with van der Waals surface area (Å²) in [5, 5.41) is 17.2. The number of carbonyl (C=O) groups excluding carboxylic acids is 1. The molecule has 162 valence electrons. The Bertz CT molecular complexity index is 994. The summed E-state index contributed by atoms with van der Waals surface area (Å²) >= 11 is 0. The van der Waals surface area contributed by atoms with Gasteiger partial charge in [0, 0.05) is 24.0 Å². The molecule has 10 heteroatoms. The Morgan fingerprint density at radius 3 is 2.43 bits per heavy atom. The largest absolute Gasteiger partial charge is 0.481 e. The van der Waals surface area contributed by atoms with Gasteiger partial charge in [-0.3, -0.25) is 9.52 Å². The zero-order valence-corrected chi connectivity index (χ0v) is 17.6. The number of sulfonamides is 1. The summed E-state index contributed by atoms with van der Waals surface area (Å²) in [6.07, 6.45) is 0.645. The number of aliphatic carboxylic acids is 1. The van der Waals surface area contributed by atoms with Gasteiger partial charge in [-0.1, -0.05) is 25.1 Å². The molecule has 2 rings (SSSR count). The van der Waals surface area contributed by atoms with E-state index in [1.807, 2.05) is 6.92 Å². The summed E-state index contributed by atoms with van der Waals surface area (Å²) in [5.41, 5.74) is 1.29. The van der Waals surface area contributed by atoms with Gasteiger partial charge in [-0.15, -0.1) is 0 Å². The van der Waals surface area contributed by atoms with Gasteiger partial charge in [-0.05, 0) is 49.4 Å². The second-order valence-electron chi connectivity index (χ2n) is 6.58. The fourth-order valence-electron chi connectivity index (χ4n) is 2.75. The van der Waals surface area contributed by atoms with Crippen molar-refractivity contribution in [3.05, 3.63) is 54.1 Å². The Labute approximate surface area is 175 Å². The number of carboxylic acids is 1. The van der Waals surface area contributed by atoms with Gasteiger partial charge in [-0.2, -0.15) is 0 Å². The minimum atomic E-state index is -3.92. The molecule has 1 atom stereocenters. The first-order chi connectivity index (χ1) is 14.2. The van der Waals surface area contributed by atoms with Crippen molar-refractivity contribution in [3.63, 3.8) is 0 Å². The first-order valence-electron chi connectivity index (χ1n) is 9.42. The average Bonchev–Trinajstić information content (AvgIpc) is 2.70. The van der Waals surface area contributed by atoms with Crippen LogP contribution in [0.4, 0.5) is 16.2 Å². The van der Waals surface area contributed by atoms with E-state index in [4.69, 9.17) is 5.11 Å². The van der Waals surface area contributed by atoms with Crippen LogP contribution < -0.4 is 20.7 Å². The van der Waals surface area contributed by atoms with Gasteiger partial charge in [0.1, 0.15) is 0 Å². The van der Waals surface area contributed by atoms with Crippen molar-refractivity contribution < 1.29 is 23.1 Å². The Morgan fingerprint density at radius 2 is 1.77 bits per heavy atom. The van der Waals surface area contributed by atoms with E-state index in [1.165, 1.54) is 18.2 Å². The number of rotatable bonds is 10. The van der Waals surface area contributed by atoms with E-state index in [1.54, 1.807) is 37.4 Å². The molecule has 0 aliphatic carbocycles. The molecule has 0 saturated carbocycles. The van der Waals surface area contributed by atoms with Crippen molar-refractivity contribution in [1.82, 2.24) is 10.6 Å². The second-order valence-corrected chi connectivity index (χ2v) is 8.26. The van der Waals surface area contributed by atoms with Crippen LogP contribution in [0.1, 0.15) is 31.4 Å². The molecule has 0 radical (unpaired) electrons. The van der Waals surface area contributed by atoms with Crippen LogP contribution in [0.25, 0.3) is 0 Å². The van der Waals surface area contributed by atoms with Crippen LogP contribution in [0.5, 0.6) is 0 Å². The van der Waals surface area contributed by atoms with Gasteiger partial charge in [0.05, 0.1) is 11.3 Å². The lowest BCUT2D eigenvalue weighted by Crippen LogP contribution is -2.29. The Kier molecular flexibility index (Phi) is 8.19. The van der Waals surface area contributed by atoms with Crippen LogP contribution in [-0.2, 0) is 14.8 Å².